The molecule has 0 saturated heterocycles. The van der Waals surface area contributed by atoms with Crippen LogP contribution in [0.1, 0.15) is 243 Å². The average Bonchev–Trinajstić information content (AvgIpc) is 1.70. The van der Waals surface area contributed by atoms with Crippen molar-refractivity contribution in [2.45, 2.75) is 298 Å². The minimum absolute atomic E-state index is 0.00164. The summed E-state index contributed by atoms with van der Waals surface area (Å²) < 4.78 is 46.0. The number of anilines is 4. The highest BCUT2D eigenvalue weighted by Gasteiger charge is 2.38. The highest BCUT2D eigenvalue weighted by atomic mass is 32.1. The smallest absolute Gasteiger partial charge is 0.325 e. The monoisotopic (exact) mass is 1520 g/mol. The number of nitrogens with two attached hydrogens (primary N) is 1. The van der Waals surface area contributed by atoms with Gasteiger partial charge in [0.1, 0.15) is 31.4 Å². The van der Waals surface area contributed by atoms with Crippen LogP contribution >= 0.6 is 11.3 Å². The van der Waals surface area contributed by atoms with E-state index in [4.69, 9.17) is 21.7 Å². The quantitative estimate of drug-likeness (QED) is 0.0155. The maximum Gasteiger partial charge on any atom is 0.325 e. The maximum atomic E-state index is 12.3. The van der Waals surface area contributed by atoms with Crippen molar-refractivity contribution >= 4 is 86.1 Å². The van der Waals surface area contributed by atoms with Gasteiger partial charge in [0, 0.05) is 67.9 Å². The number of nitrogens with one attached hydrogen (secondary N) is 4. The van der Waals surface area contributed by atoms with Crippen LogP contribution in [-0.4, -0.2) is 158 Å². The number of aromatic nitrogens is 1. The predicted octanol–water partition coefficient (Wildman–Crippen LogP) is 14.3. The Hall–Kier alpha value is -7.28. The minimum atomic E-state index is -1.19. The third-order valence-electron chi connectivity index (χ3n) is 16.9. The normalized spacial score (nSPS) is 13.1. The molecule has 4 aromatic rings. The van der Waals surface area contributed by atoms with E-state index in [0.29, 0.717) is 11.6 Å². The van der Waals surface area contributed by atoms with Crippen molar-refractivity contribution in [2.75, 3.05) is 42.0 Å². The Morgan fingerprint density at radius 2 is 0.944 bits per heavy atom. The van der Waals surface area contributed by atoms with Gasteiger partial charge in [0.15, 0.2) is 39.8 Å². The number of Topliss-reactive ketones (excluding diaryl/α,β-unsaturated/α-hetero) is 6. The van der Waals surface area contributed by atoms with Crippen molar-refractivity contribution in [2.24, 2.45) is 40.7 Å². The van der Waals surface area contributed by atoms with Crippen molar-refractivity contribution < 1.29 is 70.7 Å². The van der Waals surface area contributed by atoms with Crippen LogP contribution in [0.2, 0.25) is 1.41 Å². The topological polar surface area (TPSA) is 326 Å². The molecule has 1 aromatic heterocycles. The lowest BCUT2D eigenvalue weighted by molar-refractivity contribution is -0.154. The Morgan fingerprint density at radius 3 is 1.36 bits per heavy atom. The molecule has 0 radical (unpaired) electrons. The van der Waals surface area contributed by atoms with Crippen LogP contribution < -0.4 is 27.0 Å². The lowest BCUT2D eigenvalue weighted by Crippen LogP contribution is -2.55. The molecule has 604 valence electrons. The third kappa shape index (κ3) is 34.9. The lowest BCUT2D eigenvalue weighted by Gasteiger charge is -2.38. The van der Waals surface area contributed by atoms with Gasteiger partial charge in [-0.1, -0.05) is 123 Å². The largest absolute Gasteiger partial charge is 0.459 e. The fourth-order valence-corrected chi connectivity index (χ4v) is 11.7. The maximum absolute atomic E-state index is 12.3. The molecule has 107 heavy (non-hydrogen) atoms. The standard InChI is InChI=1S/C18H28N2O3.C18H27NO3.C17H28N2O3S.C17H27NO2.C14H28N2O3/c1-12(2)15(21)18(5,6)20-14-9-7-13(8-10-14)11-23-16(22)17(3,4)19;1-12(2)16(21)17(3,4)19-14-10-8-7-9-13(14)11-15(20)18(5,6)22;1-10(2)13(20)17(7,8)19-15-18-11(3)12(23-15)9-22-14(21)16(4,5)6;1-12(2)15(19)17(5,6)18-14-9-7-13(8-10-14)11-16(3,4)20;1-10(2)11(17)13(3,4)16(8)9-15(7)12(18)14(5,6)19/h7-10,12,20H,11,19H2,1-6H3;7-10,12,19,22H,11H2,1-6H3;10H,9H2,1-8H3,(H,18,19);7-10,12,18,20H,11H2,1-6H3;10,19H,9H2,1-8H3/i;22D;4D;20D;19D/hD. The molecule has 0 saturated carbocycles. The van der Waals surface area contributed by atoms with Crippen LogP contribution in [0.3, 0.4) is 0 Å². The third-order valence-corrected chi connectivity index (χ3v) is 18.0. The number of benzene rings is 3. The van der Waals surface area contributed by atoms with E-state index in [2.05, 4.69) is 42.2 Å². The molecule has 1 heterocycles. The van der Waals surface area contributed by atoms with Crippen molar-refractivity contribution in [1.82, 2.24) is 14.8 Å². The van der Waals surface area contributed by atoms with Crippen LogP contribution in [0.4, 0.5) is 22.2 Å². The summed E-state index contributed by atoms with van der Waals surface area (Å²) in [6.45, 7) is 56.3. The number of amides is 1. The second kappa shape index (κ2) is 40.4. The highest BCUT2D eigenvalue weighted by molar-refractivity contribution is 7.15. The first-order valence-corrected chi connectivity index (χ1v) is 37.5. The zero-order valence-corrected chi connectivity index (χ0v) is 71.8. The summed E-state index contributed by atoms with van der Waals surface area (Å²) in [6.07, 6.45) is 0.812. The number of rotatable bonds is 36. The first kappa shape index (κ1) is 90.3. The van der Waals surface area contributed by atoms with E-state index in [-0.39, 0.29) is 103 Å². The molecule has 22 nitrogen and oxygen atoms in total. The second-order valence-corrected chi connectivity index (χ2v) is 35.9. The molecule has 0 aliphatic rings. The van der Waals surface area contributed by atoms with Crippen LogP contribution in [0, 0.1) is 41.9 Å². The molecule has 23 heteroatoms. The Bertz CT molecular complexity index is 3720. The van der Waals surface area contributed by atoms with E-state index in [0.717, 1.165) is 44.3 Å². The van der Waals surface area contributed by atoms with Gasteiger partial charge < -0.3 is 56.7 Å². The van der Waals surface area contributed by atoms with Crippen LogP contribution in [0.5, 0.6) is 0 Å². The highest BCUT2D eigenvalue weighted by Crippen LogP contribution is 2.30. The average molecular weight is 1520 g/mol. The van der Waals surface area contributed by atoms with E-state index in [1.165, 1.54) is 16.2 Å². The second-order valence-electron chi connectivity index (χ2n) is 34.8. The fraction of sp³-hybridized carbons (Fsp3) is 0.643. The Balaban J connectivity index is 0.00000138. The molecular weight excluding hydrogens is 1380 g/mol. The van der Waals surface area contributed by atoms with E-state index >= 15 is 0 Å². The Kier molecular flexibility index (Phi) is 34.1. The van der Waals surface area contributed by atoms with E-state index in [9.17, 15) is 43.2 Å². The Morgan fingerprint density at radius 1 is 0.533 bits per heavy atom. The molecule has 4 rings (SSSR count). The molecule has 0 aliphatic carbocycles. The van der Waals surface area contributed by atoms with Gasteiger partial charge in [0.2, 0.25) is 4.29 Å². The number of hydrogen-bond acceptors (Lipinski definition) is 22. The van der Waals surface area contributed by atoms with Crippen LogP contribution in [0.25, 0.3) is 0 Å². The number of thiazole rings is 1. The first-order valence-electron chi connectivity index (χ1n) is 39.1. The number of nitrogens with zero attached hydrogens (tertiary/aromatic N) is 3. The van der Waals surface area contributed by atoms with Gasteiger partial charge >= 0.3 is 11.9 Å². The summed E-state index contributed by atoms with van der Waals surface area (Å²) >= 11 is 1.38. The van der Waals surface area contributed by atoms with Gasteiger partial charge in [-0.3, -0.25) is 48.1 Å². The zero-order chi connectivity index (χ0) is 87.6. The van der Waals surface area contributed by atoms with Crippen molar-refractivity contribution in [1.29, 1.82) is 4.29 Å². The fourth-order valence-electron chi connectivity index (χ4n) is 10.7. The molecule has 0 atom stereocenters. The van der Waals surface area contributed by atoms with Crippen LogP contribution in [-0.2, 0) is 78.7 Å². The molecular formula is C84H138N8O14S. The zero-order valence-electron chi connectivity index (χ0n) is 76.0. The van der Waals surface area contributed by atoms with Gasteiger partial charge in [-0.15, -0.1) is 0 Å². The molecule has 0 spiro atoms. The number of ketones is 6. The number of likely N-dealkylation sites (N-methyl/N-ethyl adjacent to an activating group) is 2. The number of carbonyl (C=O) groups is 9. The molecule has 3 aromatic carbocycles. The summed E-state index contributed by atoms with van der Waals surface area (Å²) in [7, 11) is 3.44. The number of carbonyl (C=O) groups excluding carboxylic acids is 9. The lowest BCUT2D eigenvalue weighted by atomic mass is 9.89. The number of esters is 2. The number of ether oxygens (including phenoxy) is 2. The summed E-state index contributed by atoms with van der Waals surface area (Å²) in [5, 5.41) is 27.2. The van der Waals surface area contributed by atoms with Crippen molar-refractivity contribution in [3.63, 3.8) is 0 Å². The Labute approximate surface area is 653 Å². The number of para-hydroxylation sites is 1. The first-order chi connectivity index (χ1) is 50.8. The minimum Gasteiger partial charge on any atom is -0.459 e. The van der Waals surface area contributed by atoms with Gasteiger partial charge in [-0.05, 0) is 206 Å². The molecule has 0 aliphatic heterocycles. The van der Waals surface area contributed by atoms with E-state index in [1.807, 2.05) is 237 Å². The summed E-state index contributed by atoms with van der Waals surface area (Å²) in [5.41, 5.74) is 0.133. The molecule has 9 N–H and O–H groups in total. The van der Waals surface area contributed by atoms with Gasteiger partial charge in [0.25, 0.3) is 5.91 Å². The molecule has 0 bridgehead atoms. The van der Waals surface area contributed by atoms with Gasteiger partial charge in [0.05, 0.1) is 56.0 Å². The van der Waals surface area contributed by atoms with Gasteiger partial charge in [-0.25, -0.2) is 4.98 Å². The van der Waals surface area contributed by atoms with Crippen molar-refractivity contribution in [3.8, 4) is 0 Å². The number of hydrogen-bond donors (Lipinski definition) is 8. The molecule has 0 fully saturated rings. The van der Waals surface area contributed by atoms with E-state index < -0.39 is 67.4 Å². The van der Waals surface area contributed by atoms with Crippen molar-refractivity contribution in [3.05, 3.63) is 100 Å². The number of aliphatic hydroxyl groups is 3. The molecule has 1 amide bonds. The van der Waals surface area contributed by atoms with Gasteiger partial charge in [-0.2, -0.15) is 0 Å². The summed E-state index contributed by atoms with van der Waals surface area (Å²) in [6, 6.07) is 22.7. The SMILES string of the molecule is [2H]CC(C)(C)C(=O)OCc1sc(NC(C)(C)C(=O)C(C)C)nc1C.[2H]NC(C)(C)C(=O)OCc1ccc(NC(C)(C)C(=O)C(C)C)cc1.[2H]OC(C)(C)C(=O)Cc1ccccc1NC(C)(C)C(=O)C(C)C.[2H]OC(C)(C)C(=O)N(C)CN(C)C(C)(C)C(=O)C(C)C.[2H]OC(C)(C)Cc1ccc(NC(C)(C)C(=O)C(C)C)cc1. The van der Waals surface area contributed by atoms with Crippen LogP contribution in [0.15, 0.2) is 72.8 Å². The summed E-state index contributed by atoms with van der Waals surface area (Å²) in [5.74, 6) is -0.946. The molecule has 0 unspecified atom stereocenters. The summed E-state index contributed by atoms with van der Waals surface area (Å²) in [4.78, 5) is 118. The number of aryl methyl sites for hydroxylation is 1. The predicted molar refractivity (Wildman–Crippen MR) is 434 cm³/mol. The van der Waals surface area contributed by atoms with E-state index in [1.54, 1.807) is 69.5 Å².